The third-order valence-corrected chi connectivity index (χ3v) is 4.65. The van der Waals surface area contributed by atoms with Crippen LogP contribution in [0.15, 0.2) is 18.2 Å². The molecule has 2 aliphatic heterocycles. The highest BCUT2D eigenvalue weighted by Gasteiger charge is 2.34. The minimum atomic E-state index is -0.644. The van der Waals surface area contributed by atoms with Crippen molar-refractivity contribution in [2.24, 2.45) is 0 Å². The van der Waals surface area contributed by atoms with Crippen LogP contribution in [0.3, 0.4) is 0 Å². The first-order valence-corrected chi connectivity index (χ1v) is 8.64. The van der Waals surface area contributed by atoms with Gasteiger partial charge in [0.2, 0.25) is 0 Å². The molecule has 0 bridgehead atoms. The summed E-state index contributed by atoms with van der Waals surface area (Å²) in [5, 5.41) is 9.50. The van der Waals surface area contributed by atoms with Gasteiger partial charge in [-0.15, -0.1) is 0 Å². The van der Waals surface area contributed by atoms with Crippen LogP contribution < -0.4 is 20.1 Å². The van der Waals surface area contributed by atoms with Crippen molar-refractivity contribution in [3.05, 3.63) is 29.8 Å². The van der Waals surface area contributed by atoms with Crippen molar-refractivity contribution in [2.45, 2.75) is 31.2 Å². The van der Waals surface area contributed by atoms with Crippen LogP contribution in [0, 0.1) is 0 Å². The fraction of sp³-hybridized carbons (Fsp3) is 0.412. The zero-order chi connectivity index (χ0) is 17.7. The van der Waals surface area contributed by atoms with Gasteiger partial charge in [-0.25, -0.2) is 14.5 Å². The number of urea groups is 1. The van der Waals surface area contributed by atoms with Gasteiger partial charge in [-0.1, -0.05) is 0 Å². The summed E-state index contributed by atoms with van der Waals surface area (Å²) < 4.78 is 12.9. The Hall–Kier alpha value is -3.10. The highest BCUT2D eigenvalue weighted by atomic mass is 16.6. The number of fused-ring (bicyclic) bond motifs is 1. The van der Waals surface area contributed by atoms with Gasteiger partial charge < -0.3 is 14.8 Å². The number of hydrogen-bond donors (Lipinski definition) is 2. The number of rotatable bonds is 4. The average molecular weight is 355 g/mol. The Bertz CT molecular complexity index is 905. The number of amides is 3. The summed E-state index contributed by atoms with van der Waals surface area (Å²) in [6.45, 7) is 1.03. The van der Waals surface area contributed by atoms with Gasteiger partial charge >= 0.3 is 6.03 Å². The molecule has 9 heteroatoms. The van der Waals surface area contributed by atoms with Crippen molar-refractivity contribution < 1.29 is 19.1 Å². The Morgan fingerprint density at radius 2 is 1.96 bits per heavy atom. The molecule has 9 nitrogen and oxygen atoms in total. The van der Waals surface area contributed by atoms with Crippen LogP contribution in [0.4, 0.5) is 4.79 Å². The van der Waals surface area contributed by atoms with Crippen molar-refractivity contribution in [1.82, 2.24) is 25.4 Å². The molecule has 3 heterocycles. The molecule has 1 unspecified atom stereocenters. The number of aromatic nitrogens is 3. The molecule has 134 valence electrons. The smallest absolute Gasteiger partial charge is 0.322 e. The van der Waals surface area contributed by atoms with Gasteiger partial charge in [0.15, 0.2) is 17.3 Å². The van der Waals surface area contributed by atoms with Crippen LogP contribution in [0.2, 0.25) is 0 Å². The topological polar surface area (TPSA) is 107 Å². The van der Waals surface area contributed by atoms with E-state index < -0.39 is 12.1 Å². The first-order chi connectivity index (χ1) is 12.7. The molecule has 3 aliphatic rings. The molecule has 1 aromatic heterocycles. The molecule has 1 saturated carbocycles. The van der Waals surface area contributed by atoms with Gasteiger partial charge in [-0.05, 0) is 25.0 Å². The van der Waals surface area contributed by atoms with Gasteiger partial charge in [-0.3, -0.25) is 10.1 Å². The molecule has 0 radical (unpaired) electrons. The predicted octanol–water partition coefficient (Wildman–Crippen LogP) is 0.666. The minimum absolute atomic E-state index is 0.270. The van der Waals surface area contributed by atoms with E-state index in [0.29, 0.717) is 36.5 Å². The molecule has 1 saturated heterocycles. The second-order valence-electron chi connectivity index (χ2n) is 6.62. The monoisotopic (exact) mass is 355 g/mol. The number of imide groups is 1. The molecule has 2 N–H and O–H groups in total. The zero-order valence-electron chi connectivity index (χ0n) is 13.9. The number of benzene rings is 1. The van der Waals surface area contributed by atoms with E-state index in [0.717, 1.165) is 24.4 Å². The van der Waals surface area contributed by atoms with Crippen molar-refractivity contribution in [2.75, 3.05) is 13.2 Å². The Balaban J connectivity index is 1.51. The molecule has 0 spiro atoms. The lowest BCUT2D eigenvalue weighted by Gasteiger charge is -2.19. The summed E-state index contributed by atoms with van der Waals surface area (Å²) in [6, 6.07) is 4.46. The van der Waals surface area contributed by atoms with Crippen LogP contribution in [-0.4, -0.2) is 46.0 Å². The summed E-state index contributed by atoms with van der Waals surface area (Å²) in [7, 11) is 0. The number of ether oxygens (including phenoxy) is 2. The lowest BCUT2D eigenvalue weighted by Crippen LogP contribution is -2.32. The minimum Gasteiger partial charge on any atom is -0.486 e. The van der Waals surface area contributed by atoms with Crippen LogP contribution in [0.1, 0.15) is 30.4 Å². The molecular weight excluding hydrogens is 338 g/mol. The molecule has 1 aromatic carbocycles. The van der Waals surface area contributed by atoms with E-state index in [1.165, 1.54) is 0 Å². The maximum Gasteiger partial charge on any atom is 0.322 e. The summed E-state index contributed by atoms with van der Waals surface area (Å²) in [4.78, 5) is 27.9. The first kappa shape index (κ1) is 15.2. The second kappa shape index (κ2) is 5.72. The number of carbonyl (C=O) groups excluding carboxylic acids is 2. The number of carbonyl (C=O) groups is 2. The Morgan fingerprint density at radius 3 is 2.69 bits per heavy atom. The summed E-state index contributed by atoms with van der Waals surface area (Å²) in [5.41, 5.74) is 0.786. The molecular formula is C17H17N5O4. The number of nitrogens with zero attached hydrogens (tertiary/aromatic N) is 3. The first-order valence-electron chi connectivity index (χ1n) is 8.64. The van der Waals surface area contributed by atoms with E-state index in [4.69, 9.17) is 9.47 Å². The molecule has 5 rings (SSSR count). The highest BCUT2D eigenvalue weighted by molar-refractivity contribution is 6.04. The van der Waals surface area contributed by atoms with E-state index in [1.807, 2.05) is 18.2 Å². The van der Waals surface area contributed by atoms with E-state index in [9.17, 15) is 9.59 Å². The van der Waals surface area contributed by atoms with E-state index in [-0.39, 0.29) is 12.3 Å². The Kier molecular flexibility index (Phi) is 3.34. The Labute approximate surface area is 148 Å². The summed E-state index contributed by atoms with van der Waals surface area (Å²) in [5.74, 6) is 2.80. The molecule has 26 heavy (non-hydrogen) atoms. The largest absolute Gasteiger partial charge is 0.486 e. The molecule has 2 aromatic rings. The SMILES string of the molecule is O=C1NC(=O)C(Cc2nc(C3CC3)nn2-c2ccc3c(c2)OCCO3)N1. The summed E-state index contributed by atoms with van der Waals surface area (Å²) in [6.07, 6.45) is 2.42. The van der Waals surface area contributed by atoms with Crippen molar-refractivity contribution in [1.29, 1.82) is 0 Å². The molecule has 2 fully saturated rings. The average Bonchev–Trinajstić information content (AvgIpc) is 3.33. The lowest BCUT2D eigenvalue weighted by molar-refractivity contribution is -0.120. The van der Waals surface area contributed by atoms with Gasteiger partial charge in [0, 0.05) is 18.4 Å². The van der Waals surface area contributed by atoms with E-state index >= 15 is 0 Å². The normalized spacial score (nSPS) is 21.5. The Morgan fingerprint density at radius 1 is 1.15 bits per heavy atom. The molecule has 1 aliphatic carbocycles. The fourth-order valence-electron chi connectivity index (χ4n) is 3.16. The highest BCUT2D eigenvalue weighted by Crippen LogP contribution is 2.39. The number of nitrogens with one attached hydrogen (secondary N) is 2. The van der Waals surface area contributed by atoms with Gasteiger partial charge in [-0.2, -0.15) is 5.10 Å². The van der Waals surface area contributed by atoms with Crippen LogP contribution >= 0.6 is 0 Å². The van der Waals surface area contributed by atoms with Crippen LogP contribution in [-0.2, 0) is 11.2 Å². The predicted molar refractivity (Wildman–Crippen MR) is 88.5 cm³/mol. The third kappa shape index (κ3) is 2.65. The van der Waals surface area contributed by atoms with E-state index in [1.54, 1.807) is 4.68 Å². The number of hydrogen-bond acceptors (Lipinski definition) is 6. The van der Waals surface area contributed by atoms with Crippen molar-refractivity contribution in [3.63, 3.8) is 0 Å². The standard InChI is InChI=1S/C17H17N5O4/c23-16-11(18-17(24)20-16)8-14-19-15(9-1-2-9)21-22(14)10-3-4-12-13(7-10)26-6-5-25-12/h3-4,7,9,11H,1-2,5-6,8H2,(H2,18,20,23,24). The maximum atomic E-state index is 11.9. The van der Waals surface area contributed by atoms with E-state index in [2.05, 4.69) is 20.7 Å². The van der Waals surface area contributed by atoms with Gasteiger partial charge in [0.1, 0.15) is 25.1 Å². The lowest BCUT2D eigenvalue weighted by atomic mass is 10.2. The van der Waals surface area contributed by atoms with Crippen molar-refractivity contribution in [3.8, 4) is 17.2 Å². The molecule has 1 atom stereocenters. The van der Waals surface area contributed by atoms with Crippen LogP contribution in [0.25, 0.3) is 5.69 Å². The van der Waals surface area contributed by atoms with Gasteiger partial charge in [0.25, 0.3) is 5.91 Å². The maximum absolute atomic E-state index is 11.9. The fourth-order valence-corrected chi connectivity index (χ4v) is 3.16. The summed E-state index contributed by atoms with van der Waals surface area (Å²) >= 11 is 0. The van der Waals surface area contributed by atoms with Crippen LogP contribution in [0.5, 0.6) is 11.5 Å². The third-order valence-electron chi connectivity index (χ3n) is 4.65. The zero-order valence-corrected chi connectivity index (χ0v) is 13.9. The van der Waals surface area contributed by atoms with Gasteiger partial charge in [0.05, 0.1) is 5.69 Å². The molecule has 3 amide bonds. The van der Waals surface area contributed by atoms with Crippen molar-refractivity contribution >= 4 is 11.9 Å². The second-order valence-corrected chi connectivity index (χ2v) is 6.62. The quantitative estimate of drug-likeness (QED) is 0.781.